The number of aromatic amines is 1. The number of halogens is 1. The number of carbonyl (C=O) groups is 1. The number of carbonyl (C=O) groups excluding carboxylic acids is 1. The summed E-state index contributed by atoms with van der Waals surface area (Å²) in [5.41, 5.74) is 2.03. The number of alkyl halides is 1. The maximum Gasteiger partial charge on any atom is 0.221 e. The lowest BCUT2D eigenvalue weighted by molar-refractivity contribution is -0.120. The second kappa shape index (κ2) is 5.01. The Labute approximate surface area is 85.2 Å². The van der Waals surface area contributed by atoms with E-state index in [-0.39, 0.29) is 5.91 Å². The first-order valence-corrected chi connectivity index (χ1v) is 5.17. The minimum Gasteiger partial charge on any atom is -0.352 e. The second-order valence-corrected chi connectivity index (χ2v) is 3.53. The Bertz CT molecular complexity index is 285. The first kappa shape index (κ1) is 10.2. The van der Waals surface area contributed by atoms with E-state index < -0.39 is 0 Å². The summed E-state index contributed by atoms with van der Waals surface area (Å²) in [5, 5.41) is 10.2. The fourth-order valence-electron chi connectivity index (χ4n) is 0.922. The van der Waals surface area contributed by atoms with Crippen molar-refractivity contribution in [2.45, 2.75) is 19.9 Å². The standard InChI is InChI=1S/C8H12BrN3O/c1-6-7(5-11-12-6)4-10-8(13)2-3-9/h5H,2-4H2,1H3,(H,10,13)(H,11,12). The first-order valence-electron chi connectivity index (χ1n) is 4.05. The largest absolute Gasteiger partial charge is 0.352 e. The fraction of sp³-hybridized carbons (Fsp3) is 0.500. The molecule has 1 aromatic rings. The molecule has 0 fully saturated rings. The molecule has 0 saturated heterocycles. The molecule has 13 heavy (non-hydrogen) atoms. The Hall–Kier alpha value is -0.840. The molecule has 1 aromatic heterocycles. The molecule has 5 heteroatoms. The smallest absolute Gasteiger partial charge is 0.221 e. The molecule has 0 aliphatic carbocycles. The highest BCUT2D eigenvalue weighted by Gasteiger charge is 2.02. The van der Waals surface area contributed by atoms with Crippen molar-refractivity contribution in [3.8, 4) is 0 Å². The van der Waals surface area contributed by atoms with Crippen molar-refractivity contribution in [1.29, 1.82) is 0 Å². The van der Waals surface area contributed by atoms with Crippen molar-refractivity contribution in [1.82, 2.24) is 15.5 Å². The molecule has 1 rings (SSSR count). The molecule has 72 valence electrons. The number of rotatable bonds is 4. The molecule has 2 N–H and O–H groups in total. The van der Waals surface area contributed by atoms with Crippen LogP contribution in [0, 0.1) is 6.92 Å². The van der Waals surface area contributed by atoms with E-state index in [0.717, 1.165) is 11.3 Å². The molecule has 0 atom stereocenters. The maximum absolute atomic E-state index is 11.1. The molecular weight excluding hydrogens is 234 g/mol. The molecule has 0 aromatic carbocycles. The van der Waals surface area contributed by atoms with Gasteiger partial charge < -0.3 is 5.32 Å². The first-order chi connectivity index (χ1) is 6.24. The predicted octanol–water partition coefficient (Wildman–Crippen LogP) is 1.12. The summed E-state index contributed by atoms with van der Waals surface area (Å²) in [4.78, 5) is 11.1. The molecule has 1 amide bonds. The topological polar surface area (TPSA) is 57.8 Å². The van der Waals surface area contributed by atoms with Gasteiger partial charge in [0.1, 0.15) is 0 Å². The average molecular weight is 246 g/mol. The molecule has 0 aliphatic heterocycles. The van der Waals surface area contributed by atoms with E-state index >= 15 is 0 Å². The number of aryl methyl sites for hydroxylation is 1. The van der Waals surface area contributed by atoms with Crippen molar-refractivity contribution in [3.63, 3.8) is 0 Å². The minimum absolute atomic E-state index is 0.0532. The van der Waals surface area contributed by atoms with Crippen molar-refractivity contribution in [2.75, 3.05) is 5.33 Å². The maximum atomic E-state index is 11.1. The molecule has 1 heterocycles. The van der Waals surface area contributed by atoms with Crippen LogP contribution in [0.4, 0.5) is 0 Å². The van der Waals surface area contributed by atoms with Gasteiger partial charge in [0.05, 0.1) is 6.20 Å². The number of H-pyrrole nitrogens is 1. The van der Waals surface area contributed by atoms with E-state index in [0.29, 0.717) is 18.3 Å². The summed E-state index contributed by atoms with van der Waals surface area (Å²) < 4.78 is 0. The second-order valence-electron chi connectivity index (χ2n) is 2.74. The van der Waals surface area contributed by atoms with Gasteiger partial charge >= 0.3 is 0 Å². The third kappa shape index (κ3) is 3.18. The third-order valence-corrected chi connectivity index (χ3v) is 2.13. The predicted molar refractivity (Wildman–Crippen MR) is 53.6 cm³/mol. The van der Waals surface area contributed by atoms with Crippen LogP contribution in [0.15, 0.2) is 6.20 Å². The van der Waals surface area contributed by atoms with Crippen molar-refractivity contribution in [2.24, 2.45) is 0 Å². The molecule has 0 bridgehead atoms. The van der Waals surface area contributed by atoms with Gasteiger partial charge in [0.25, 0.3) is 0 Å². The van der Waals surface area contributed by atoms with Crippen molar-refractivity contribution in [3.05, 3.63) is 17.5 Å². The van der Waals surface area contributed by atoms with Gasteiger partial charge in [-0.05, 0) is 6.92 Å². The van der Waals surface area contributed by atoms with Crippen LogP contribution in [0.1, 0.15) is 17.7 Å². The Morgan fingerprint density at radius 3 is 3.08 bits per heavy atom. The molecule has 0 radical (unpaired) electrons. The summed E-state index contributed by atoms with van der Waals surface area (Å²) in [6, 6.07) is 0. The molecular formula is C8H12BrN3O. The van der Waals surface area contributed by atoms with Gasteiger partial charge in [-0.15, -0.1) is 0 Å². The van der Waals surface area contributed by atoms with Crippen LogP contribution in [0.3, 0.4) is 0 Å². The van der Waals surface area contributed by atoms with Gasteiger partial charge in [-0.3, -0.25) is 9.89 Å². The number of hydrogen-bond acceptors (Lipinski definition) is 2. The summed E-state index contributed by atoms with van der Waals surface area (Å²) in [6.45, 7) is 2.48. The lowest BCUT2D eigenvalue weighted by Gasteiger charge is -2.01. The summed E-state index contributed by atoms with van der Waals surface area (Å²) in [7, 11) is 0. The zero-order valence-electron chi connectivity index (χ0n) is 7.43. The Kier molecular flexibility index (Phi) is 3.95. The Balaban J connectivity index is 2.35. The highest BCUT2D eigenvalue weighted by atomic mass is 79.9. The number of nitrogens with one attached hydrogen (secondary N) is 2. The number of amides is 1. The van der Waals surface area contributed by atoms with Crippen LogP contribution in [-0.2, 0) is 11.3 Å². The molecule has 0 unspecified atom stereocenters. The lowest BCUT2D eigenvalue weighted by Crippen LogP contribution is -2.22. The molecule has 4 nitrogen and oxygen atoms in total. The number of aromatic nitrogens is 2. The van der Waals surface area contributed by atoms with E-state index in [4.69, 9.17) is 0 Å². The van der Waals surface area contributed by atoms with Gasteiger partial charge in [0, 0.05) is 29.6 Å². The van der Waals surface area contributed by atoms with Gasteiger partial charge in [0.15, 0.2) is 0 Å². The summed E-state index contributed by atoms with van der Waals surface area (Å²) in [6.07, 6.45) is 2.24. The van der Waals surface area contributed by atoms with Crippen LogP contribution in [0.5, 0.6) is 0 Å². The van der Waals surface area contributed by atoms with Crippen LogP contribution in [0.2, 0.25) is 0 Å². The van der Waals surface area contributed by atoms with Gasteiger partial charge in [0.2, 0.25) is 5.91 Å². The van der Waals surface area contributed by atoms with Gasteiger partial charge in [-0.1, -0.05) is 15.9 Å². The highest BCUT2D eigenvalue weighted by Crippen LogP contribution is 2.01. The monoisotopic (exact) mass is 245 g/mol. The fourth-order valence-corrected chi connectivity index (χ4v) is 1.28. The zero-order chi connectivity index (χ0) is 9.68. The summed E-state index contributed by atoms with van der Waals surface area (Å²) in [5.74, 6) is 0.0532. The Morgan fingerprint density at radius 2 is 2.54 bits per heavy atom. The van der Waals surface area contributed by atoms with E-state index in [9.17, 15) is 4.79 Å². The van der Waals surface area contributed by atoms with E-state index in [1.165, 1.54) is 0 Å². The molecule has 0 aliphatic rings. The van der Waals surface area contributed by atoms with Crippen LogP contribution >= 0.6 is 15.9 Å². The zero-order valence-corrected chi connectivity index (χ0v) is 9.02. The lowest BCUT2D eigenvalue weighted by atomic mass is 10.2. The Morgan fingerprint density at radius 1 is 1.77 bits per heavy atom. The van der Waals surface area contributed by atoms with E-state index in [1.54, 1.807) is 6.20 Å². The number of nitrogens with zero attached hydrogens (tertiary/aromatic N) is 1. The van der Waals surface area contributed by atoms with Crippen LogP contribution in [-0.4, -0.2) is 21.4 Å². The van der Waals surface area contributed by atoms with Crippen LogP contribution in [0.25, 0.3) is 0 Å². The highest BCUT2D eigenvalue weighted by molar-refractivity contribution is 9.09. The quantitative estimate of drug-likeness (QED) is 0.782. The minimum atomic E-state index is 0.0532. The SMILES string of the molecule is Cc1[nH]ncc1CNC(=O)CCBr. The van der Waals surface area contributed by atoms with E-state index in [2.05, 4.69) is 31.4 Å². The van der Waals surface area contributed by atoms with E-state index in [1.807, 2.05) is 6.92 Å². The average Bonchev–Trinajstić information content (AvgIpc) is 2.48. The third-order valence-electron chi connectivity index (χ3n) is 1.73. The van der Waals surface area contributed by atoms with Crippen molar-refractivity contribution < 1.29 is 4.79 Å². The van der Waals surface area contributed by atoms with Gasteiger partial charge in [-0.2, -0.15) is 5.10 Å². The molecule has 0 spiro atoms. The van der Waals surface area contributed by atoms with Crippen LogP contribution < -0.4 is 5.32 Å². The van der Waals surface area contributed by atoms with Crippen molar-refractivity contribution >= 4 is 21.8 Å². The summed E-state index contributed by atoms with van der Waals surface area (Å²) >= 11 is 3.20. The molecule has 0 saturated carbocycles. The van der Waals surface area contributed by atoms with Gasteiger partial charge in [-0.25, -0.2) is 0 Å². The normalized spacial score (nSPS) is 10.0. The number of hydrogen-bond donors (Lipinski definition) is 2.